The summed E-state index contributed by atoms with van der Waals surface area (Å²) >= 11 is 0. The van der Waals surface area contributed by atoms with Crippen molar-refractivity contribution in [3.05, 3.63) is 47.8 Å². The van der Waals surface area contributed by atoms with E-state index in [9.17, 15) is 18.0 Å². The van der Waals surface area contributed by atoms with Crippen LogP contribution in [0, 0.1) is 5.92 Å². The van der Waals surface area contributed by atoms with Gasteiger partial charge in [0.2, 0.25) is 0 Å². The molecule has 3 rings (SSSR count). The van der Waals surface area contributed by atoms with E-state index in [1.165, 1.54) is 18.2 Å². The maximum atomic E-state index is 13.0. The summed E-state index contributed by atoms with van der Waals surface area (Å²) in [6.45, 7) is 2.20. The first-order chi connectivity index (χ1) is 11.7. The second-order valence-electron chi connectivity index (χ2n) is 6.53. The van der Waals surface area contributed by atoms with Gasteiger partial charge in [0.1, 0.15) is 5.69 Å². The van der Waals surface area contributed by atoms with Gasteiger partial charge in [0.05, 0.1) is 17.4 Å². The van der Waals surface area contributed by atoms with Gasteiger partial charge in [0.15, 0.2) is 0 Å². The van der Waals surface area contributed by atoms with Gasteiger partial charge in [-0.3, -0.25) is 4.79 Å². The van der Waals surface area contributed by atoms with Crippen LogP contribution in [-0.4, -0.2) is 27.8 Å². The average Bonchev–Trinajstić information content (AvgIpc) is 3.31. The Hall–Kier alpha value is -2.35. The number of halogens is 3. The maximum Gasteiger partial charge on any atom is 0.433 e. The van der Waals surface area contributed by atoms with Crippen LogP contribution in [0.5, 0.6) is 0 Å². The van der Waals surface area contributed by atoms with Crippen molar-refractivity contribution in [1.29, 1.82) is 0 Å². The minimum Gasteiger partial charge on any atom is -0.345 e. The van der Waals surface area contributed by atoms with Crippen LogP contribution in [0.2, 0.25) is 0 Å². The molecule has 3 N–H and O–H groups in total. The summed E-state index contributed by atoms with van der Waals surface area (Å²) < 4.78 is 39.9. The highest BCUT2D eigenvalue weighted by molar-refractivity contribution is 5.95. The minimum atomic E-state index is -4.53. The van der Waals surface area contributed by atoms with E-state index >= 15 is 0 Å². The molecule has 1 aromatic heterocycles. The molecule has 0 spiro atoms. The van der Waals surface area contributed by atoms with Crippen LogP contribution in [-0.2, 0) is 6.18 Å². The molecule has 134 valence electrons. The topological polar surface area (TPSA) is 72.9 Å². The fourth-order valence-electron chi connectivity index (χ4n) is 2.87. The molecule has 25 heavy (non-hydrogen) atoms. The lowest BCUT2D eigenvalue weighted by Crippen LogP contribution is -2.53. The number of nitrogens with two attached hydrogens (primary N) is 1. The van der Waals surface area contributed by atoms with Gasteiger partial charge in [-0.05, 0) is 49.9 Å². The van der Waals surface area contributed by atoms with Crippen LogP contribution >= 0.6 is 0 Å². The van der Waals surface area contributed by atoms with Crippen LogP contribution in [0.4, 0.5) is 13.2 Å². The Kier molecular flexibility index (Phi) is 4.32. The lowest BCUT2D eigenvalue weighted by atomic mass is 9.95. The van der Waals surface area contributed by atoms with Crippen molar-refractivity contribution < 1.29 is 18.0 Å². The molecular weight excluding hydrogens is 333 g/mol. The van der Waals surface area contributed by atoms with Crippen LogP contribution < -0.4 is 11.1 Å². The number of nitrogens with zero attached hydrogens (tertiary/aromatic N) is 2. The predicted octanol–water partition coefficient (Wildman–Crippen LogP) is 2.75. The second-order valence-corrected chi connectivity index (χ2v) is 6.53. The number of nitrogens with one attached hydrogen (secondary N) is 1. The normalized spacial score (nSPS) is 17.2. The molecule has 1 aromatic carbocycles. The first kappa shape index (κ1) is 17.5. The molecule has 5 nitrogen and oxygen atoms in total. The van der Waals surface area contributed by atoms with Crippen LogP contribution in [0.25, 0.3) is 5.69 Å². The van der Waals surface area contributed by atoms with Crippen molar-refractivity contribution in [1.82, 2.24) is 15.1 Å². The first-order valence-corrected chi connectivity index (χ1v) is 7.99. The lowest BCUT2D eigenvalue weighted by Gasteiger charge is -2.29. The molecule has 0 aliphatic heterocycles. The quantitative estimate of drug-likeness (QED) is 0.869. The van der Waals surface area contributed by atoms with Gasteiger partial charge in [-0.2, -0.15) is 18.3 Å². The van der Waals surface area contributed by atoms with Crippen molar-refractivity contribution in [3.63, 3.8) is 0 Å². The van der Waals surface area contributed by atoms with E-state index in [0.717, 1.165) is 29.8 Å². The SMILES string of the molecule is CC(CN)(NC(=O)c1cccc(-n2nccc2C(F)(F)F)c1)C1CC1. The zero-order chi connectivity index (χ0) is 18.2. The molecule has 8 heteroatoms. The minimum absolute atomic E-state index is 0.172. The van der Waals surface area contributed by atoms with Crippen LogP contribution in [0.1, 0.15) is 35.8 Å². The summed E-state index contributed by atoms with van der Waals surface area (Å²) in [5, 5.41) is 6.65. The number of carbonyl (C=O) groups is 1. The van der Waals surface area contributed by atoms with Gasteiger partial charge in [-0.25, -0.2) is 4.68 Å². The number of carbonyl (C=O) groups excluding carboxylic acids is 1. The van der Waals surface area contributed by atoms with Gasteiger partial charge in [0.25, 0.3) is 5.91 Å². The predicted molar refractivity (Wildman–Crippen MR) is 86.2 cm³/mol. The molecule has 1 amide bonds. The zero-order valence-corrected chi connectivity index (χ0v) is 13.7. The van der Waals surface area contributed by atoms with E-state index < -0.39 is 17.4 Å². The lowest BCUT2D eigenvalue weighted by molar-refractivity contribution is -0.142. The molecule has 1 aliphatic rings. The van der Waals surface area contributed by atoms with Gasteiger partial charge >= 0.3 is 6.18 Å². The van der Waals surface area contributed by atoms with E-state index in [1.807, 2.05) is 6.92 Å². The van der Waals surface area contributed by atoms with Gasteiger partial charge in [-0.15, -0.1) is 0 Å². The fourth-order valence-corrected chi connectivity index (χ4v) is 2.87. The molecular formula is C17H19F3N4O. The molecule has 0 bridgehead atoms. The highest BCUT2D eigenvalue weighted by Crippen LogP contribution is 2.39. The second kappa shape index (κ2) is 6.18. The Bertz CT molecular complexity index is 782. The standard InChI is InChI=1S/C17H19F3N4O/c1-16(10-21,12-5-6-12)23-15(25)11-3-2-4-13(9-11)24-14(7-8-22-24)17(18,19)20/h2-4,7-9,12H,5-6,10,21H2,1H3,(H,23,25). The molecule has 1 saturated carbocycles. The molecule has 1 atom stereocenters. The van der Waals surface area contributed by atoms with Crippen LogP contribution in [0.15, 0.2) is 36.5 Å². The van der Waals surface area contributed by atoms with Crippen molar-refractivity contribution >= 4 is 5.91 Å². The highest BCUT2D eigenvalue weighted by Gasteiger charge is 2.41. The Labute approximate surface area is 143 Å². The average molecular weight is 352 g/mol. The van der Waals surface area contributed by atoms with E-state index in [2.05, 4.69) is 10.4 Å². The summed E-state index contributed by atoms with van der Waals surface area (Å²) in [6.07, 6.45) is -1.43. The summed E-state index contributed by atoms with van der Waals surface area (Å²) in [7, 11) is 0. The Morgan fingerprint density at radius 2 is 2.08 bits per heavy atom. The third kappa shape index (κ3) is 3.53. The molecule has 1 aliphatic carbocycles. The highest BCUT2D eigenvalue weighted by atomic mass is 19.4. The van der Waals surface area contributed by atoms with E-state index in [-0.39, 0.29) is 17.2 Å². The fraction of sp³-hybridized carbons (Fsp3) is 0.412. The number of hydrogen-bond acceptors (Lipinski definition) is 3. The van der Waals surface area contributed by atoms with E-state index in [1.54, 1.807) is 6.07 Å². The zero-order valence-electron chi connectivity index (χ0n) is 13.7. The van der Waals surface area contributed by atoms with Gasteiger partial charge in [0, 0.05) is 12.1 Å². The smallest absolute Gasteiger partial charge is 0.345 e. The molecule has 1 unspecified atom stereocenters. The Balaban J connectivity index is 1.87. The largest absolute Gasteiger partial charge is 0.433 e. The van der Waals surface area contributed by atoms with E-state index in [0.29, 0.717) is 12.5 Å². The number of rotatable bonds is 5. The van der Waals surface area contributed by atoms with Gasteiger partial charge < -0.3 is 11.1 Å². The molecule has 0 saturated heterocycles. The Morgan fingerprint density at radius 3 is 2.68 bits per heavy atom. The monoisotopic (exact) mass is 352 g/mol. The summed E-state index contributed by atoms with van der Waals surface area (Å²) in [6, 6.07) is 6.84. The summed E-state index contributed by atoms with van der Waals surface area (Å²) in [5.74, 6) is -0.0185. The van der Waals surface area contributed by atoms with Gasteiger partial charge in [-0.1, -0.05) is 6.07 Å². The molecule has 1 fully saturated rings. The number of amides is 1. The summed E-state index contributed by atoms with van der Waals surface area (Å²) in [4.78, 5) is 12.5. The van der Waals surface area contributed by atoms with E-state index in [4.69, 9.17) is 5.73 Å². The number of aromatic nitrogens is 2. The maximum absolute atomic E-state index is 13.0. The molecule has 1 heterocycles. The third-order valence-corrected chi connectivity index (χ3v) is 4.59. The van der Waals surface area contributed by atoms with Crippen molar-refractivity contribution in [2.45, 2.75) is 31.5 Å². The number of alkyl halides is 3. The molecule has 0 radical (unpaired) electrons. The number of benzene rings is 1. The van der Waals surface area contributed by atoms with Crippen molar-refractivity contribution in [2.75, 3.05) is 6.54 Å². The number of hydrogen-bond donors (Lipinski definition) is 2. The Morgan fingerprint density at radius 1 is 1.36 bits per heavy atom. The molecule has 2 aromatic rings. The van der Waals surface area contributed by atoms with Crippen LogP contribution in [0.3, 0.4) is 0 Å². The van der Waals surface area contributed by atoms with Crippen molar-refractivity contribution in [2.24, 2.45) is 11.7 Å². The summed E-state index contributed by atoms with van der Waals surface area (Å²) in [5.41, 5.74) is 4.83. The third-order valence-electron chi connectivity index (χ3n) is 4.59. The first-order valence-electron chi connectivity index (χ1n) is 7.99. The van der Waals surface area contributed by atoms with Crippen molar-refractivity contribution in [3.8, 4) is 5.69 Å².